The highest BCUT2D eigenvalue weighted by atomic mass is 19.1. The Morgan fingerprint density at radius 3 is 2.69 bits per heavy atom. The van der Waals surface area contributed by atoms with Crippen LogP contribution in [0.2, 0.25) is 0 Å². The van der Waals surface area contributed by atoms with E-state index in [1.807, 2.05) is 24.3 Å². The molecule has 1 aromatic heterocycles. The van der Waals surface area contributed by atoms with E-state index < -0.39 is 11.6 Å². The second-order valence-electron chi connectivity index (χ2n) is 7.94. The number of hydrazine groups is 1. The van der Waals surface area contributed by atoms with Gasteiger partial charge in [-0.25, -0.2) is 19.4 Å². The van der Waals surface area contributed by atoms with Crippen LogP contribution in [-0.4, -0.2) is 47.1 Å². The molecule has 10 heteroatoms. The maximum atomic E-state index is 14.7. The second-order valence-corrected chi connectivity index (χ2v) is 7.94. The van der Waals surface area contributed by atoms with E-state index in [-0.39, 0.29) is 11.7 Å². The zero-order valence-electron chi connectivity index (χ0n) is 17.5. The Balaban J connectivity index is 1.31. The van der Waals surface area contributed by atoms with Gasteiger partial charge in [-0.05, 0) is 56.3 Å². The van der Waals surface area contributed by atoms with Gasteiger partial charge in [0.2, 0.25) is 11.7 Å². The largest absolute Gasteiger partial charge is 0.489 e. The Morgan fingerprint density at radius 2 is 1.91 bits per heavy atom. The van der Waals surface area contributed by atoms with Crippen molar-refractivity contribution >= 4 is 22.8 Å². The molecule has 166 valence electrons. The summed E-state index contributed by atoms with van der Waals surface area (Å²) < 4.78 is 20.4. The Kier molecular flexibility index (Phi) is 5.33. The molecule has 0 aliphatic carbocycles. The van der Waals surface area contributed by atoms with Crippen LogP contribution in [0.4, 0.5) is 10.2 Å². The number of hydrogen-bond acceptors (Lipinski definition) is 9. The van der Waals surface area contributed by atoms with Crippen LogP contribution in [0.1, 0.15) is 18.4 Å². The highest BCUT2D eigenvalue weighted by molar-refractivity contribution is 5.95. The first kappa shape index (κ1) is 20.6. The maximum absolute atomic E-state index is 14.7. The Labute approximate surface area is 184 Å². The van der Waals surface area contributed by atoms with Gasteiger partial charge in [-0.15, -0.1) is 0 Å². The maximum Gasteiger partial charge on any atom is 0.215 e. The summed E-state index contributed by atoms with van der Waals surface area (Å²) in [5, 5.41) is 1.44. The van der Waals surface area contributed by atoms with Crippen molar-refractivity contribution in [3.63, 3.8) is 0 Å². The van der Waals surface area contributed by atoms with Gasteiger partial charge in [0.25, 0.3) is 0 Å². The number of hydrogen-bond donors (Lipinski definition) is 3. The van der Waals surface area contributed by atoms with E-state index in [0.29, 0.717) is 23.5 Å². The van der Waals surface area contributed by atoms with Crippen molar-refractivity contribution < 1.29 is 9.13 Å². The van der Waals surface area contributed by atoms with Crippen LogP contribution in [0.5, 0.6) is 5.75 Å². The van der Waals surface area contributed by atoms with Crippen LogP contribution in [-0.2, 0) is 5.79 Å². The van der Waals surface area contributed by atoms with Crippen LogP contribution in [0, 0.1) is 5.82 Å². The summed E-state index contributed by atoms with van der Waals surface area (Å²) in [4.78, 5) is 15.6. The average Bonchev–Trinajstić information content (AvgIpc) is 3.42. The first-order chi connectivity index (χ1) is 15.5. The van der Waals surface area contributed by atoms with Gasteiger partial charge in [0, 0.05) is 12.1 Å². The monoisotopic (exact) mass is 436 g/mol. The summed E-state index contributed by atoms with van der Waals surface area (Å²) in [6, 6.07) is 12.0. The molecule has 1 atom stereocenters. The first-order valence-electron chi connectivity index (χ1n) is 10.6. The minimum atomic E-state index is -1.45. The standard InChI is InChI=1S/C22H25FN8O/c23-16-13-15(7-8-19(16)32-12-11-30-9-3-4-10-30)22(25)28-21(24)31(29-22)20-14-26-17-5-1-2-6-18(17)27-20/h1-2,5-8,13-14,29H,3-4,9-12,25H2,(H2,24,28). The number of para-hydroxylation sites is 2. The van der Waals surface area contributed by atoms with Crippen molar-refractivity contribution in [1.29, 1.82) is 0 Å². The second kappa shape index (κ2) is 8.30. The average molecular weight is 436 g/mol. The molecular weight excluding hydrogens is 411 g/mol. The number of nitrogens with one attached hydrogen (secondary N) is 1. The highest BCUT2D eigenvalue weighted by Crippen LogP contribution is 2.28. The minimum absolute atomic E-state index is 0.100. The summed E-state index contributed by atoms with van der Waals surface area (Å²) in [7, 11) is 0. The molecule has 0 bridgehead atoms. The zero-order valence-corrected chi connectivity index (χ0v) is 17.5. The van der Waals surface area contributed by atoms with Gasteiger partial charge in [-0.2, -0.15) is 5.43 Å². The number of aliphatic imine (C=N–C) groups is 1. The predicted molar refractivity (Wildman–Crippen MR) is 120 cm³/mol. The molecule has 9 nitrogen and oxygen atoms in total. The molecular formula is C22H25FN8O. The number of fused-ring (bicyclic) bond motifs is 1. The van der Waals surface area contributed by atoms with Gasteiger partial charge >= 0.3 is 0 Å². The van der Waals surface area contributed by atoms with E-state index in [2.05, 4.69) is 25.3 Å². The number of halogens is 1. The summed E-state index contributed by atoms with van der Waals surface area (Å²) in [5.41, 5.74) is 17.4. The lowest BCUT2D eigenvalue weighted by Gasteiger charge is -2.25. The molecule has 2 aliphatic heterocycles. The lowest BCUT2D eigenvalue weighted by molar-refractivity contribution is 0.231. The SMILES string of the molecule is NC1=NC(N)(c2ccc(OCCN3CCCC3)c(F)c2)NN1c1cnc2ccccc2n1. The molecule has 1 saturated heterocycles. The van der Waals surface area contributed by atoms with Crippen molar-refractivity contribution in [2.75, 3.05) is 31.3 Å². The zero-order chi connectivity index (χ0) is 22.1. The minimum Gasteiger partial charge on any atom is -0.489 e. The molecule has 2 aromatic carbocycles. The van der Waals surface area contributed by atoms with Crippen LogP contribution in [0.25, 0.3) is 11.0 Å². The van der Waals surface area contributed by atoms with Crippen molar-refractivity contribution in [3.8, 4) is 5.75 Å². The van der Waals surface area contributed by atoms with Crippen molar-refractivity contribution in [1.82, 2.24) is 20.3 Å². The molecule has 0 radical (unpaired) electrons. The molecule has 5 rings (SSSR count). The van der Waals surface area contributed by atoms with Crippen molar-refractivity contribution in [3.05, 3.63) is 60.0 Å². The molecule has 0 spiro atoms. The van der Waals surface area contributed by atoms with Crippen LogP contribution >= 0.6 is 0 Å². The molecule has 32 heavy (non-hydrogen) atoms. The fraction of sp³-hybridized carbons (Fsp3) is 0.318. The van der Waals surface area contributed by atoms with Gasteiger partial charge in [0.1, 0.15) is 6.61 Å². The predicted octanol–water partition coefficient (Wildman–Crippen LogP) is 1.65. The number of nitrogens with two attached hydrogens (primary N) is 2. The molecule has 1 unspecified atom stereocenters. The van der Waals surface area contributed by atoms with E-state index >= 15 is 0 Å². The van der Waals surface area contributed by atoms with Crippen LogP contribution in [0.15, 0.2) is 53.7 Å². The third kappa shape index (κ3) is 3.95. The van der Waals surface area contributed by atoms with Gasteiger partial charge in [0.05, 0.1) is 17.2 Å². The number of anilines is 1. The Hall–Kier alpha value is -3.34. The third-order valence-electron chi connectivity index (χ3n) is 5.70. The van der Waals surface area contributed by atoms with E-state index in [1.54, 1.807) is 18.3 Å². The van der Waals surface area contributed by atoms with Gasteiger partial charge < -0.3 is 10.5 Å². The number of nitrogens with zero attached hydrogens (tertiary/aromatic N) is 5. The third-order valence-corrected chi connectivity index (χ3v) is 5.70. The first-order valence-corrected chi connectivity index (χ1v) is 10.6. The number of rotatable bonds is 6. The molecule has 0 amide bonds. The van der Waals surface area contributed by atoms with Crippen molar-refractivity contribution in [2.45, 2.75) is 18.6 Å². The molecule has 2 aliphatic rings. The van der Waals surface area contributed by atoms with Gasteiger partial charge in [-0.1, -0.05) is 12.1 Å². The van der Waals surface area contributed by atoms with Crippen LogP contribution in [0.3, 0.4) is 0 Å². The van der Waals surface area contributed by atoms with E-state index in [9.17, 15) is 4.39 Å². The number of aromatic nitrogens is 2. The lowest BCUT2D eigenvalue weighted by atomic mass is 10.1. The molecule has 3 heterocycles. The van der Waals surface area contributed by atoms with Crippen molar-refractivity contribution in [2.24, 2.45) is 16.5 Å². The summed E-state index contributed by atoms with van der Waals surface area (Å²) in [5.74, 6) is -1.24. The molecule has 0 saturated carbocycles. The fourth-order valence-corrected chi connectivity index (χ4v) is 3.99. The molecule has 3 aromatic rings. The lowest BCUT2D eigenvalue weighted by Crippen LogP contribution is -2.53. The smallest absolute Gasteiger partial charge is 0.215 e. The normalized spacial score (nSPS) is 21.3. The topological polar surface area (TPSA) is 118 Å². The summed E-state index contributed by atoms with van der Waals surface area (Å²) in [6.45, 7) is 3.36. The number of benzene rings is 2. The van der Waals surface area contributed by atoms with Gasteiger partial charge in [-0.3, -0.25) is 15.6 Å². The molecule has 1 fully saturated rings. The number of guanidine groups is 1. The highest BCUT2D eigenvalue weighted by Gasteiger charge is 2.38. The fourth-order valence-electron chi connectivity index (χ4n) is 3.99. The van der Waals surface area contributed by atoms with E-state index in [1.165, 1.54) is 23.9 Å². The Bertz CT molecular complexity index is 1170. The van der Waals surface area contributed by atoms with E-state index in [4.69, 9.17) is 16.2 Å². The quantitative estimate of drug-likeness (QED) is 0.534. The summed E-state index contributed by atoms with van der Waals surface area (Å²) >= 11 is 0. The molecule has 5 N–H and O–H groups in total. The summed E-state index contributed by atoms with van der Waals surface area (Å²) in [6.07, 6.45) is 3.99. The van der Waals surface area contributed by atoms with Gasteiger partial charge in [0.15, 0.2) is 17.4 Å². The Morgan fingerprint density at radius 1 is 1.12 bits per heavy atom. The number of ether oxygens (including phenoxy) is 1. The number of likely N-dealkylation sites (tertiary alicyclic amines) is 1. The van der Waals surface area contributed by atoms with Crippen LogP contribution < -0.4 is 26.6 Å². The van der Waals surface area contributed by atoms with E-state index in [0.717, 1.165) is 25.2 Å².